The first-order valence-corrected chi connectivity index (χ1v) is 7.76. The SMILES string of the molecule is COCCCCCN1CCNC(C)(c2ccccc2)C1. The van der Waals surface area contributed by atoms with Crippen LogP contribution in [0.15, 0.2) is 30.3 Å². The van der Waals surface area contributed by atoms with Crippen LogP contribution in [-0.4, -0.2) is 44.8 Å². The Morgan fingerprint density at radius 1 is 1.20 bits per heavy atom. The van der Waals surface area contributed by atoms with E-state index in [1.54, 1.807) is 7.11 Å². The van der Waals surface area contributed by atoms with Gasteiger partial charge in [-0.05, 0) is 38.3 Å². The standard InChI is InChI=1S/C17H28N2O/c1-17(16-9-5-3-6-10-16)15-19(13-11-18-17)12-7-4-8-14-20-2/h3,5-6,9-10,18H,4,7-8,11-15H2,1-2H3. The largest absolute Gasteiger partial charge is 0.385 e. The zero-order chi connectivity index (χ0) is 14.3. The Hall–Kier alpha value is -0.900. The number of nitrogens with zero attached hydrogens (tertiary/aromatic N) is 1. The zero-order valence-corrected chi connectivity index (χ0v) is 12.9. The normalized spacial score (nSPS) is 23.9. The topological polar surface area (TPSA) is 24.5 Å². The van der Waals surface area contributed by atoms with Crippen molar-refractivity contribution in [2.75, 3.05) is 39.9 Å². The van der Waals surface area contributed by atoms with Crippen molar-refractivity contribution in [1.82, 2.24) is 10.2 Å². The van der Waals surface area contributed by atoms with E-state index < -0.39 is 0 Å². The molecule has 1 unspecified atom stereocenters. The molecule has 0 radical (unpaired) electrons. The molecule has 1 aliphatic heterocycles. The number of benzene rings is 1. The van der Waals surface area contributed by atoms with Crippen LogP contribution < -0.4 is 5.32 Å². The van der Waals surface area contributed by atoms with Gasteiger partial charge < -0.3 is 10.1 Å². The molecule has 1 aromatic carbocycles. The third-order valence-corrected chi connectivity index (χ3v) is 4.22. The minimum atomic E-state index is 0.0893. The van der Waals surface area contributed by atoms with Gasteiger partial charge in [0.25, 0.3) is 0 Å². The molecule has 0 amide bonds. The van der Waals surface area contributed by atoms with Crippen LogP contribution in [0.2, 0.25) is 0 Å². The van der Waals surface area contributed by atoms with Crippen LogP contribution in [0.4, 0.5) is 0 Å². The molecule has 3 nitrogen and oxygen atoms in total. The first-order valence-electron chi connectivity index (χ1n) is 7.76. The van der Waals surface area contributed by atoms with Crippen molar-refractivity contribution in [2.24, 2.45) is 0 Å². The monoisotopic (exact) mass is 276 g/mol. The van der Waals surface area contributed by atoms with Crippen molar-refractivity contribution in [2.45, 2.75) is 31.7 Å². The summed E-state index contributed by atoms with van der Waals surface area (Å²) in [6.07, 6.45) is 3.71. The van der Waals surface area contributed by atoms with Gasteiger partial charge >= 0.3 is 0 Å². The van der Waals surface area contributed by atoms with Crippen LogP contribution >= 0.6 is 0 Å². The summed E-state index contributed by atoms with van der Waals surface area (Å²) >= 11 is 0. The van der Waals surface area contributed by atoms with E-state index in [0.29, 0.717) is 0 Å². The first-order chi connectivity index (χ1) is 9.74. The number of hydrogen-bond donors (Lipinski definition) is 1. The predicted molar refractivity (Wildman–Crippen MR) is 84.0 cm³/mol. The average molecular weight is 276 g/mol. The smallest absolute Gasteiger partial charge is 0.0535 e. The van der Waals surface area contributed by atoms with Gasteiger partial charge in [-0.3, -0.25) is 4.90 Å². The molecular formula is C17H28N2O. The molecule has 0 aliphatic carbocycles. The number of hydrogen-bond acceptors (Lipinski definition) is 3. The summed E-state index contributed by atoms with van der Waals surface area (Å²) in [5.74, 6) is 0. The Morgan fingerprint density at radius 2 is 2.00 bits per heavy atom. The number of unbranched alkanes of at least 4 members (excludes halogenated alkanes) is 2. The molecule has 3 heteroatoms. The van der Waals surface area contributed by atoms with E-state index in [1.165, 1.54) is 31.4 Å². The average Bonchev–Trinajstić information content (AvgIpc) is 2.48. The van der Waals surface area contributed by atoms with Crippen LogP contribution in [0.25, 0.3) is 0 Å². The highest BCUT2D eigenvalue weighted by molar-refractivity contribution is 5.24. The highest BCUT2D eigenvalue weighted by Crippen LogP contribution is 2.24. The predicted octanol–water partition coefficient (Wildman–Crippen LogP) is 2.62. The summed E-state index contributed by atoms with van der Waals surface area (Å²) in [7, 11) is 1.78. The van der Waals surface area contributed by atoms with E-state index in [1.807, 2.05) is 0 Å². The second-order valence-electron chi connectivity index (χ2n) is 5.95. The highest BCUT2D eigenvalue weighted by Gasteiger charge is 2.31. The maximum Gasteiger partial charge on any atom is 0.0535 e. The third-order valence-electron chi connectivity index (χ3n) is 4.22. The molecule has 1 fully saturated rings. The van der Waals surface area contributed by atoms with Crippen molar-refractivity contribution in [3.05, 3.63) is 35.9 Å². The van der Waals surface area contributed by atoms with Crippen molar-refractivity contribution in [1.29, 1.82) is 0 Å². The van der Waals surface area contributed by atoms with E-state index >= 15 is 0 Å². The number of rotatable bonds is 7. The maximum atomic E-state index is 5.10. The molecule has 1 saturated heterocycles. The lowest BCUT2D eigenvalue weighted by molar-refractivity contribution is 0.138. The van der Waals surface area contributed by atoms with Gasteiger partial charge in [-0.2, -0.15) is 0 Å². The van der Waals surface area contributed by atoms with Crippen molar-refractivity contribution >= 4 is 0 Å². The fraction of sp³-hybridized carbons (Fsp3) is 0.647. The number of nitrogens with one attached hydrogen (secondary N) is 1. The molecule has 1 aromatic rings. The number of methoxy groups -OCH3 is 1. The van der Waals surface area contributed by atoms with E-state index in [-0.39, 0.29) is 5.54 Å². The lowest BCUT2D eigenvalue weighted by Crippen LogP contribution is -2.56. The third kappa shape index (κ3) is 4.30. The fourth-order valence-electron chi connectivity index (χ4n) is 3.02. The second kappa shape index (κ2) is 7.77. The minimum Gasteiger partial charge on any atom is -0.385 e. The molecule has 20 heavy (non-hydrogen) atoms. The van der Waals surface area contributed by atoms with Crippen LogP contribution in [0.5, 0.6) is 0 Å². The Morgan fingerprint density at radius 3 is 2.75 bits per heavy atom. The highest BCUT2D eigenvalue weighted by atomic mass is 16.5. The van der Waals surface area contributed by atoms with E-state index in [4.69, 9.17) is 4.74 Å². The summed E-state index contributed by atoms with van der Waals surface area (Å²) in [5, 5.41) is 3.69. The Balaban J connectivity index is 1.82. The van der Waals surface area contributed by atoms with Crippen molar-refractivity contribution < 1.29 is 4.74 Å². The van der Waals surface area contributed by atoms with Gasteiger partial charge in [0.2, 0.25) is 0 Å². The summed E-state index contributed by atoms with van der Waals surface area (Å²) in [6.45, 7) is 7.74. The summed E-state index contributed by atoms with van der Waals surface area (Å²) in [6, 6.07) is 10.8. The molecule has 1 heterocycles. The second-order valence-corrected chi connectivity index (χ2v) is 5.95. The van der Waals surface area contributed by atoms with E-state index in [9.17, 15) is 0 Å². The quantitative estimate of drug-likeness (QED) is 0.775. The first kappa shape index (κ1) is 15.5. The molecule has 0 bridgehead atoms. The van der Waals surface area contributed by atoms with Crippen LogP contribution in [-0.2, 0) is 10.3 Å². The summed E-state index contributed by atoms with van der Waals surface area (Å²) < 4.78 is 5.10. The summed E-state index contributed by atoms with van der Waals surface area (Å²) in [5.41, 5.74) is 1.48. The van der Waals surface area contributed by atoms with Crippen LogP contribution in [0.3, 0.4) is 0 Å². The maximum absolute atomic E-state index is 5.10. The van der Waals surface area contributed by atoms with Gasteiger partial charge in [-0.1, -0.05) is 30.3 Å². The molecule has 1 atom stereocenters. The molecule has 0 spiro atoms. The molecule has 0 aromatic heterocycles. The van der Waals surface area contributed by atoms with Crippen molar-refractivity contribution in [3.8, 4) is 0 Å². The molecule has 0 saturated carbocycles. The van der Waals surface area contributed by atoms with Crippen LogP contribution in [0, 0.1) is 0 Å². The lowest BCUT2D eigenvalue weighted by Gasteiger charge is -2.42. The number of piperazine rings is 1. The van der Waals surface area contributed by atoms with Gasteiger partial charge in [-0.25, -0.2) is 0 Å². The van der Waals surface area contributed by atoms with Gasteiger partial charge in [-0.15, -0.1) is 0 Å². The Labute approximate surface area is 123 Å². The summed E-state index contributed by atoms with van der Waals surface area (Å²) in [4.78, 5) is 2.59. The molecule has 112 valence electrons. The Bertz CT molecular complexity index is 382. The van der Waals surface area contributed by atoms with Gasteiger partial charge in [0.05, 0.1) is 5.54 Å². The molecular weight excluding hydrogens is 248 g/mol. The fourth-order valence-corrected chi connectivity index (χ4v) is 3.02. The van der Waals surface area contributed by atoms with Gasteiger partial charge in [0.15, 0.2) is 0 Å². The van der Waals surface area contributed by atoms with E-state index in [0.717, 1.165) is 26.2 Å². The molecule has 1 N–H and O–H groups in total. The Kier molecular flexibility index (Phi) is 6.02. The number of ether oxygens (including phenoxy) is 1. The van der Waals surface area contributed by atoms with Gasteiger partial charge in [0.1, 0.15) is 0 Å². The van der Waals surface area contributed by atoms with Crippen LogP contribution in [0.1, 0.15) is 31.7 Å². The molecule has 1 aliphatic rings. The molecule has 2 rings (SSSR count). The zero-order valence-electron chi connectivity index (χ0n) is 12.9. The van der Waals surface area contributed by atoms with Crippen molar-refractivity contribution in [3.63, 3.8) is 0 Å². The van der Waals surface area contributed by atoms with Gasteiger partial charge in [0, 0.05) is 33.4 Å². The lowest BCUT2D eigenvalue weighted by atomic mass is 9.89. The van der Waals surface area contributed by atoms with E-state index in [2.05, 4.69) is 47.5 Å². The minimum absolute atomic E-state index is 0.0893.